The fourth-order valence-corrected chi connectivity index (χ4v) is 4.44. The van der Waals surface area contributed by atoms with Crippen LogP contribution < -0.4 is 0 Å². The van der Waals surface area contributed by atoms with Gasteiger partial charge >= 0.3 is 0 Å². The molecule has 1 saturated heterocycles. The molecule has 0 saturated carbocycles. The van der Waals surface area contributed by atoms with Crippen LogP contribution in [0.4, 0.5) is 0 Å². The molecule has 1 aliphatic heterocycles. The maximum absolute atomic E-state index is 12.6. The maximum atomic E-state index is 12.6. The molecule has 5 nitrogen and oxygen atoms in total. The quantitative estimate of drug-likeness (QED) is 0.869. The van der Waals surface area contributed by atoms with Crippen LogP contribution in [0.1, 0.15) is 18.7 Å². The molecular weight excluding hydrogens is 298 g/mol. The minimum absolute atomic E-state index is 0.388. The van der Waals surface area contributed by atoms with Gasteiger partial charge in [-0.15, -0.1) is 0 Å². The van der Waals surface area contributed by atoms with E-state index in [2.05, 4.69) is 9.55 Å². The zero-order chi connectivity index (χ0) is 15.6. The van der Waals surface area contributed by atoms with Crippen LogP contribution in [0.2, 0.25) is 0 Å². The molecule has 6 heteroatoms. The molecule has 3 rings (SSSR count). The van der Waals surface area contributed by atoms with Crippen molar-refractivity contribution in [1.82, 2.24) is 13.9 Å². The highest BCUT2D eigenvalue weighted by Crippen LogP contribution is 2.24. The second kappa shape index (κ2) is 6.22. The Balaban J connectivity index is 1.63. The predicted octanol–water partition coefficient (Wildman–Crippen LogP) is 2.29. The van der Waals surface area contributed by atoms with Crippen LogP contribution in [-0.2, 0) is 16.6 Å². The molecule has 0 unspecified atom stereocenters. The topological polar surface area (TPSA) is 55.2 Å². The molecule has 0 amide bonds. The summed E-state index contributed by atoms with van der Waals surface area (Å²) in [6.45, 7) is 4.10. The Morgan fingerprint density at radius 1 is 1.18 bits per heavy atom. The lowest BCUT2D eigenvalue weighted by atomic mass is 9.98. The Labute approximate surface area is 131 Å². The van der Waals surface area contributed by atoms with Crippen LogP contribution in [0.25, 0.3) is 0 Å². The number of imidazole rings is 1. The average Bonchev–Trinajstić information content (AvgIpc) is 2.94. The molecule has 0 aliphatic carbocycles. The first-order chi connectivity index (χ1) is 10.6. The number of sulfonamides is 1. The molecule has 1 fully saturated rings. The van der Waals surface area contributed by atoms with Crippen LogP contribution in [0.5, 0.6) is 0 Å². The molecule has 22 heavy (non-hydrogen) atoms. The number of aromatic nitrogens is 2. The van der Waals surface area contributed by atoms with Gasteiger partial charge in [-0.3, -0.25) is 0 Å². The first-order valence-electron chi connectivity index (χ1n) is 7.60. The molecule has 1 aliphatic rings. The molecule has 0 atom stereocenters. The van der Waals surface area contributed by atoms with Crippen LogP contribution in [0, 0.1) is 12.8 Å². The first-order valence-corrected chi connectivity index (χ1v) is 9.04. The maximum Gasteiger partial charge on any atom is 0.243 e. The average molecular weight is 319 g/mol. The van der Waals surface area contributed by atoms with E-state index in [1.807, 2.05) is 25.4 Å². The van der Waals surface area contributed by atoms with Gasteiger partial charge in [0.2, 0.25) is 10.0 Å². The Kier molecular flexibility index (Phi) is 4.31. The van der Waals surface area contributed by atoms with Gasteiger partial charge in [-0.2, -0.15) is 4.31 Å². The number of aryl methyl sites for hydroxylation is 1. The van der Waals surface area contributed by atoms with Crippen molar-refractivity contribution in [2.75, 3.05) is 13.1 Å². The van der Waals surface area contributed by atoms with Crippen molar-refractivity contribution >= 4 is 10.0 Å². The Morgan fingerprint density at radius 3 is 2.45 bits per heavy atom. The summed E-state index contributed by atoms with van der Waals surface area (Å²) < 4.78 is 28.9. The van der Waals surface area contributed by atoms with E-state index in [9.17, 15) is 8.42 Å². The standard InChI is InChI=1S/C16H21N3O2S/c1-14-17-9-12-18(14)13-15-7-10-19(11-8-15)22(20,21)16-5-3-2-4-6-16/h2-6,9,12,15H,7-8,10-11,13H2,1H3. The smallest absolute Gasteiger partial charge is 0.243 e. The molecule has 0 bridgehead atoms. The Bertz CT molecular complexity index is 717. The molecule has 118 valence electrons. The predicted molar refractivity (Wildman–Crippen MR) is 84.9 cm³/mol. The molecule has 0 N–H and O–H groups in total. The number of benzene rings is 1. The number of nitrogens with zero attached hydrogens (tertiary/aromatic N) is 3. The summed E-state index contributed by atoms with van der Waals surface area (Å²) in [5.41, 5.74) is 0. The molecule has 0 spiro atoms. The van der Waals surface area contributed by atoms with Crippen LogP contribution in [0.3, 0.4) is 0 Å². The molecule has 2 heterocycles. The minimum atomic E-state index is -3.34. The summed E-state index contributed by atoms with van der Waals surface area (Å²) in [5, 5.41) is 0. The van der Waals surface area contributed by atoms with Crippen molar-refractivity contribution in [2.24, 2.45) is 5.92 Å². The largest absolute Gasteiger partial charge is 0.335 e. The van der Waals surface area contributed by atoms with Gasteiger partial charge in [-0.25, -0.2) is 13.4 Å². The van der Waals surface area contributed by atoms with E-state index in [1.165, 1.54) is 0 Å². The SMILES string of the molecule is Cc1nccn1CC1CCN(S(=O)(=O)c2ccccc2)CC1. The second-order valence-electron chi connectivity index (χ2n) is 5.79. The molecular formula is C16H21N3O2S. The van der Waals surface area contributed by atoms with Crippen LogP contribution in [-0.4, -0.2) is 35.4 Å². The van der Waals surface area contributed by atoms with E-state index in [1.54, 1.807) is 28.6 Å². The van der Waals surface area contributed by atoms with Gasteiger partial charge in [0.1, 0.15) is 5.82 Å². The normalized spacial score (nSPS) is 17.7. The third kappa shape index (κ3) is 3.08. The summed E-state index contributed by atoms with van der Waals surface area (Å²) in [6.07, 6.45) is 5.58. The highest BCUT2D eigenvalue weighted by atomic mass is 32.2. The van der Waals surface area contributed by atoms with Gasteiger partial charge in [0, 0.05) is 32.0 Å². The summed E-state index contributed by atoms with van der Waals surface area (Å²) in [5.74, 6) is 1.52. The lowest BCUT2D eigenvalue weighted by Crippen LogP contribution is -2.39. The van der Waals surface area contributed by atoms with Crippen LogP contribution >= 0.6 is 0 Å². The number of piperidine rings is 1. The first kappa shape index (κ1) is 15.2. The van der Waals surface area contributed by atoms with E-state index < -0.39 is 10.0 Å². The number of hydrogen-bond acceptors (Lipinski definition) is 3. The van der Waals surface area contributed by atoms with E-state index in [-0.39, 0.29) is 0 Å². The summed E-state index contributed by atoms with van der Waals surface area (Å²) in [6, 6.07) is 8.69. The van der Waals surface area contributed by atoms with Gasteiger partial charge < -0.3 is 4.57 Å². The van der Waals surface area contributed by atoms with Gasteiger partial charge in [-0.1, -0.05) is 18.2 Å². The third-order valence-electron chi connectivity index (χ3n) is 4.33. The highest BCUT2D eigenvalue weighted by molar-refractivity contribution is 7.89. The monoisotopic (exact) mass is 319 g/mol. The zero-order valence-corrected chi connectivity index (χ0v) is 13.5. The second-order valence-corrected chi connectivity index (χ2v) is 7.73. The zero-order valence-electron chi connectivity index (χ0n) is 12.7. The third-order valence-corrected chi connectivity index (χ3v) is 6.25. The van der Waals surface area contributed by atoms with E-state index in [0.717, 1.165) is 25.2 Å². The van der Waals surface area contributed by atoms with Crippen molar-refractivity contribution in [2.45, 2.75) is 31.2 Å². The fourth-order valence-electron chi connectivity index (χ4n) is 2.95. The Hall–Kier alpha value is -1.66. The summed E-state index contributed by atoms with van der Waals surface area (Å²) in [7, 11) is -3.34. The fraction of sp³-hybridized carbons (Fsp3) is 0.438. The lowest BCUT2D eigenvalue weighted by molar-refractivity contribution is 0.252. The van der Waals surface area contributed by atoms with Crippen LogP contribution in [0.15, 0.2) is 47.6 Å². The molecule has 0 radical (unpaired) electrons. The van der Waals surface area contributed by atoms with Gasteiger partial charge in [0.15, 0.2) is 0 Å². The minimum Gasteiger partial charge on any atom is -0.335 e. The van der Waals surface area contributed by atoms with Gasteiger partial charge in [-0.05, 0) is 37.8 Å². The van der Waals surface area contributed by atoms with E-state index in [0.29, 0.717) is 23.9 Å². The van der Waals surface area contributed by atoms with Crippen molar-refractivity contribution in [3.8, 4) is 0 Å². The molecule has 2 aromatic rings. The van der Waals surface area contributed by atoms with Crippen molar-refractivity contribution in [3.63, 3.8) is 0 Å². The highest BCUT2D eigenvalue weighted by Gasteiger charge is 2.29. The van der Waals surface area contributed by atoms with Gasteiger partial charge in [0.05, 0.1) is 4.90 Å². The number of rotatable bonds is 4. The van der Waals surface area contributed by atoms with Crippen molar-refractivity contribution in [3.05, 3.63) is 48.5 Å². The van der Waals surface area contributed by atoms with Gasteiger partial charge in [0.25, 0.3) is 0 Å². The van der Waals surface area contributed by atoms with E-state index >= 15 is 0 Å². The van der Waals surface area contributed by atoms with Crippen molar-refractivity contribution < 1.29 is 8.42 Å². The summed E-state index contributed by atoms with van der Waals surface area (Å²) >= 11 is 0. The van der Waals surface area contributed by atoms with E-state index in [4.69, 9.17) is 0 Å². The number of hydrogen-bond donors (Lipinski definition) is 0. The van der Waals surface area contributed by atoms with Crippen molar-refractivity contribution in [1.29, 1.82) is 0 Å². The lowest BCUT2D eigenvalue weighted by Gasteiger charge is -2.31. The molecule has 1 aromatic carbocycles. The summed E-state index contributed by atoms with van der Waals surface area (Å²) in [4.78, 5) is 4.62. The molecule has 1 aromatic heterocycles. The Morgan fingerprint density at radius 2 is 1.86 bits per heavy atom.